The van der Waals surface area contributed by atoms with E-state index in [-0.39, 0.29) is 23.9 Å². The summed E-state index contributed by atoms with van der Waals surface area (Å²) >= 11 is 3.37. The second-order valence-electron chi connectivity index (χ2n) is 9.13. The summed E-state index contributed by atoms with van der Waals surface area (Å²) in [4.78, 5) is 29.6. The minimum absolute atomic E-state index is 0.00241. The number of benzene rings is 4. The third kappa shape index (κ3) is 5.02. The molecule has 0 aliphatic heterocycles. The third-order valence-electron chi connectivity index (χ3n) is 6.47. The van der Waals surface area contributed by atoms with Crippen LogP contribution in [0, 0.1) is 21.4 Å². The van der Waals surface area contributed by atoms with E-state index >= 15 is 0 Å². The van der Waals surface area contributed by atoms with E-state index in [0.29, 0.717) is 43.4 Å². The Morgan fingerprint density at radius 2 is 1.83 bits per heavy atom. The summed E-state index contributed by atoms with van der Waals surface area (Å²) in [5.74, 6) is 0.512. The van der Waals surface area contributed by atoms with Crippen LogP contribution in [0.5, 0.6) is 5.75 Å². The number of nitro benzene ring substituents is 1. The predicted molar refractivity (Wildman–Crippen MR) is 160 cm³/mol. The largest absolute Gasteiger partial charge is 0.481 e. The van der Waals surface area contributed by atoms with Crippen LogP contribution in [0.1, 0.15) is 16.7 Å². The standard InChI is InChI=1S/C31H18BrN5O5/c32-24-13-19(14-26(37(39)40)29(24)41-18-22-9-2-1-8-21(22)16-33)17-34-36-30(28-15-20-7-3-6-12-27(20)42-28)35-25-11-5-4-10-23(25)31(36)38/h1-15,17H,18H2. The van der Waals surface area contributed by atoms with Crippen LogP contribution >= 0.6 is 15.9 Å². The summed E-state index contributed by atoms with van der Waals surface area (Å²) in [5.41, 5.74) is 1.68. The summed E-state index contributed by atoms with van der Waals surface area (Å²) in [6, 6.07) is 27.9. The number of nitrogens with zero attached hydrogens (tertiary/aromatic N) is 5. The second-order valence-corrected chi connectivity index (χ2v) is 9.98. The maximum absolute atomic E-state index is 13.5. The molecule has 0 aliphatic carbocycles. The zero-order chi connectivity index (χ0) is 29.2. The van der Waals surface area contributed by atoms with Gasteiger partial charge in [-0.1, -0.05) is 48.5 Å². The SMILES string of the molecule is N#Cc1ccccc1COc1c(Br)cc(C=Nn2c(-c3cc4ccccc4o3)nc3ccccc3c2=O)cc1[N+](=O)[O-]. The van der Waals surface area contributed by atoms with Gasteiger partial charge in [0.2, 0.25) is 11.6 Å². The summed E-state index contributed by atoms with van der Waals surface area (Å²) in [7, 11) is 0. The van der Waals surface area contributed by atoms with Crippen LogP contribution in [0.15, 0.2) is 110 Å². The molecule has 0 bridgehead atoms. The second kappa shape index (κ2) is 11.1. The molecule has 0 unspecified atom stereocenters. The van der Waals surface area contributed by atoms with E-state index in [4.69, 9.17) is 9.15 Å². The first-order valence-electron chi connectivity index (χ1n) is 12.6. The Balaban J connectivity index is 1.41. The minimum Gasteiger partial charge on any atom is -0.481 e. The molecule has 11 heteroatoms. The lowest BCUT2D eigenvalue weighted by Crippen LogP contribution is -2.20. The molecule has 0 fully saturated rings. The summed E-state index contributed by atoms with van der Waals surface area (Å²) < 4.78 is 13.2. The quantitative estimate of drug-likeness (QED) is 0.109. The molecule has 42 heavy (non-hydrogen) atoms. The lowest BCUT2D eigenvalue weighted by molar-refractivity contribution is -0.386. The van der Waals surface area contributed by atoms with E-state index in [0.717, 1.165) is 10.1 Å². The lowest BCUT2D eigenvalue weighted by atomic mass is 10.1. The number of nitro groups is 1. The van der Waals surface area contributed by atoms with Gasteiger partial charge in [0.05, 0.1) is 38.1 Å². The Labute approximate surface area is 246 Å². The lowest BCUT2D eigenvalue weighted by Gasteiger charge is -2.11. The van der Waals surface area contributed by atoms with E-state index in [9.17, 15) is 20.2 Å². The average molecular weight is 620 g/mol. The van der Waals surface area contributed by atoms with Gasteiger partial charge in [0.25, 0.3) is 5.56 Å². The molecule has 6 rings (SSSR count). The van der Waals surface area contributed by atoms with Crippen LogP contribution in [0.25, 0.3) is 33.5 Å². The maximum atomic E-state index is 13.5. The van der Waals surface area contributed by atoms with Crippen molar-refractivity contribution < 1.29 is 14.1 Å². The molecule has 0 spiro atoms. The minimum atomic E-state index is -0.572. The van der Waals surface area contributed by atoms with Crippen molar-refractivity contribution in [1.82, 2.24) is 9.66 Å². The summed E-state index contributed by atoms with van der Waals surface area (Å²) in [6.45, 7) is -0.0460. The van der Waals surface area contributed by atoms with Gasteiger partial charge in [-0.3, -0.25) is 14.9 Å². The van der Waals surface area contributed by atoms with E-state index in [2.05, 4.69) is 32.1 Å². The molecule has 0 radical (unpaired) electrons. The van der Waals surface area contributed by atoms with E-state index in [1.165, 1.54) is 12.3 Å². The van der Waals surface area contributed by atoms with Crippen molar-refractivity contribution in [1.29, 1.82) is 5.26 Å². The van der Waals surface area contributed by atoms with E-state index in [1.54, 1.807) is 60.7 Å². The van der Waals surface area contributed by atoms with Crippen molar-refractivity contribution >= 4 is 49.7 Å². The van der Waals surface area contributed by atoms with Crippen LogP contribution < -0.4 is 10.3 Å². The predicted octanol–water partition coefficient (Wildman–Crippen LogP) is 6.81. The molecule has 204 valence electrons. The van der Waals surface area contributed by atoms with Crippen LogP contribution in [0.4, 0.5) is 5.69 Å². The molecule has 0 N–H and O–H groups in total. The molecule has 0 atom stereocenters. The Morgan fingerprint density at radius 3 is 2.64 bits per heavy atom. The van der Waals surface area contributed by atoms with Crippen LogP contribution in [-0.2, 0) is 6.61 Å². The van der Waals surface area contributed by atoms with Crippen LogP contribution in [-0.4, -0.2) is 20.8 Å². The van der Waals surface area contributed by atoms with Gasteiger partial charge >= 0.3 is 5.69 Å². The van der Waals surface area contributed by atoms with Gasteiger partial charge in [0.1, 0.15) is 12.2 Å². The van der Waals surface area contributed by atoms with E-state index in [1.807, 2.05) is 24.3 Å². The highest BCUT2D eigenvalue weighted by Gasteiger charge is 2.21. The molecule has 0 amide bonds. The first kappa shape index (κ1) is 26.6. The third-order valence-corrected chi connectivity index (χ3v) is 7.06. The van der Waals surface area contributed by atoms with Gasteiger partial charge in [-0.05, 0) is 52.3 Å². The zero-order valence-corrected chi connectivity index (χ0v) is 23.2. The van der Waals surface area contributed by atoms with Crippen molar-refractivity contribution in [3.05, 3.63) is 133 Å². The Hall–Kier alpha value is -5.60. The number of halogens is 1. The maximum Gasteiger partial charge on any atom is 0.312 e. The number of ether oxygens (including phenoxy) is 1. The van der Waals surface area contributed by atoms with Gasteiger partial charge in [0, 0.05) is 22.6 Å². The van der Waals surface area contributed by atoms with Gasteiger partial charge in [-0.15, -0.1) is 0 Å². The van der Waals surface area contributed by atoms with Crippen molar-refractivity contribution in [2.45, 2.75) is 6.61 Å². The topological polar surface area (TPSA) is 137 Å². The van der Waals surface area contributed by atoms with Crippen LogP contribution in [0.3, 0.4) is 0 Å². The molecule has 0 saturated heterocycles. The smallest absolute Gasteiger partial charge is 0.312 e. The molecule has 2 aromatic heterocycles. The zero-order valence-electron chi connectivity index (χ0n) is 21.6. The molecule has 10 nitrogen and oxygen atoms in total. The van der Waals surface area contributed by atoms with Gasteiger partial charge in [-0.25, -0.2) is 4.98 Å². The van der Waals surface area contributed by atoms with Crippen molar-refractivity contribution in [3.63, 3.8) is 0 Å². The van der Waals surface area contributed by atoms with Crippen LogP contribution in [0.2, 0.25) is 0 Å². The molecular weight excluding hydrogens is 602 g/mol. The first-order valence-corrected chi connectivity index (χ1v) is 13.4. The molecule has 0 saturated carbocycles. The first-order chi connectivity index (χ1) is 20.4. The number of rotatable bonds is 7. The number of para-hydroxylation sites is 2. The van der Waals surface area contributed by atoms with Gasteiger partial charge in [0.15, 0.2) is 5.76 Å². The van der Waals surface area contributed by atoms with Crippen molar-refractivity contribution in [2.75, 3.05) is 0 Å². The fraction of sp³-hybridized carbons (Fsp3) is 0.0323. The summed E-state index contributed by atoms with van der Waals surface area (Å²) in [5, 5.41) is 26.9. The van der Waals surface area contributed by atoms with Gasteiger partial charge in [-0.2, -0.15) is 15.0 Å². The summed E-state index contributed by atoms with van der Waals surface area (Å²) in [6.07, 6.45) is 1.33. The molecule has 6 aromatic rings. The fourth-order valence-corrected chi connectivity index (χ4v) is 5.05. The Morgan fingerprint density at radius 1 is 1.07 bits per heavy atom. The Kier molecular flexibility index (Phi) is 7.04. The van der Waals surface area contributed by atoms with Crippen molar-refractivity contribution in [3.8, 4) is 23.4 Å². The number of furan rings is 1. The molecule has 2 heterocycles. The number of aromatic nitrogens is 2. The average Bonchev–Trinajstić information content (AvgIpc) is 3.44. The monoisotopic (exact) mass is 619 g/mol. The molecular formula is C31H18BrN5O5. The normalized spacial score (nSPS) is 11.2. The highest BCUT2D eigenvalue weighted by molar-refractivity contribution is 9.10. The number of nitriles is 1. The molecule has 4 aromatic carbocycles. The Bertz CT molecular complexity index is 2110. The van der Waals surface area contributed by atoms with E-state index < -0.39 is 10.5 Å². The highest BCUT2D eigenvalue weighted by Crippen LogP contribution is 2.37. The van der Waals surface area contributed by atoms with Crippen molar-refractivity contribution in [2.24, 2.45) is 5.10 Å². The number of hydrogen-bond acceptors (Lipinski definition) is 8. The molecule has 0 aliphatic rings. The highest BCUT2D eigenvalue weighted by atomic mass is 79.9. The number of fused-ring (bicyclic) bond motifs is 2. The van der Waals surface area contributed by atoms with Gasteiger partial charge < -0.3 is 9.15 Å². The fourth-order valence-electron chi connectivity index (χ4n) is 4.46. The number of hydrogen-bond donors (Lipinski definition) is 0.